The van der Waals surface area contributed by atoms with Crippen LogP contribution in [-0.2, 0) is 0 Å². The van der Waals surface area contributed by atoms with Crippen LogP contribution in [0, 0.1) is 6.92 Å². The van der Waals surface area contributed by atoms with E-state index in [1.807, 2.05) is 25.1 Å². The van der Waals surface area contributed by atoms with Gasteiger partial charge in [0.25, 0.3) is 0 Å². The van der Waals surface area contributed by atoms with E-state index in [4.69, 9.17) is 4.74 Å². The number of aromatic nitrogens is 1. The third-order valence-electron chi connectivity index (χ3n) is 2.15. The van der Waals surface area contributed by atoms with Gasteiger partial charge < -0.3 is 4.74 Å². The number of benzene rings is 1. The predicted octanol–water partition coefficient (Wildman–Crippen LogP) is 3.31. The second-order valence-electron chi connectivity index (χ2n) is 3.15. The Balaban J connectivity index is 2.70. The Kier molecular flexibility index (Phi) is 2.42. The van der Waals surface area contributed by atoms with Crippen molar-refractivity contribution in [1.82, 2.24) is 4.98 Å². The number of methoxy groups -OCH3 is 1. The molecule has 0 saturated carbocycles. The first-order chi connectivity index (χ1) is 6.70. The lowest BCUT2D eigenvalue weighted by molar-refractivity contribution is 0.415. The Morgan fingerprint density at radius 3 is 2.79 bits per heavy atom. The maximum Gasteiger partial charge on any atom is 0.119 e. The van der Waals surface area contributed by atoms with Gasteiger partial charge in [-0.2, -0.15) is 0 Å². The molecule has 14 heavy (non-hydrogen) atoms. The van der Waals surface area contributed by atoms with Crippen LogP contribution in [0.5, 0.6) is 5.75 Å². The van der Waals surface area contributed by atoms with E-state index < -0.39 is 0 Å². The number of hydrogen-bond donors (Lipinski definition) is 0. The van der Waals surface area contributed by atoms with Crippen LogP contribution in [0.1, 0.15) is 5.56 Å². The Morgan fingerprint density at radius 1 is 1.29 bits per heavy atom. The van der Waals surface area contributed by atoms with Crippen molar-refractivity contribution in [3.8, 4) is 5.75 Å². The van der Waals surface area contributed by atoms with Crippen LogP contribution in [0.2, 0.25) is 0 Å². The van der Waals surface area contributed by atoms with Crippen molar-refractivity contribution in [2.45, 2.75) is 6.92 Å². The van der Waals surface area contributed by atoms with Gasteiger partial charge >= 0.3 is 0 Å². The van der Waals surface area contributed by atoms with E-state index >= 15 is 0 Å². The normalized spacial score (nSPS) is 10.5. The van der Waals surface area contributed by atoms with Crippen LogP contribution in [0.4, 0.5) is 0 Å². The van der Waals surface area contributed by atoms with Gasteiger partial charge in [-0.3, -0.25) is 0 Å². The van der Waals surface area contributed by atoms with E-state index in [0.717, 1.165) is 26.8 Å². The number of aryl methyl sites for hydroxylation is 1. The summed E-state index contributed by atoms with van der Waals surface area (Å²) in [5.41, 5.74) is 2.11. The molecule has 0 aliphatic rings. The Labute approximate surface area is 91.0 Å². The molecule has 0 unspecified atom stereocenters. The molecule has 0 spiro atoms. The van der Waals surface area contributed by atoms with Crippen molar-refractivity contribution >= 4 is 26.8 Å². The first-order valence-electron chi connectivity index (χ1n) is 4.31. The quantitative estimate of drug-likeness (QED) is 0.726. The number of nitrogens with zero attached hydrogens (tertiary/aromatic N) is 1. The Hall–Kier alpha value is -1.09. The molecule has 1 aromatic heterocycles. The maximum atomic E-state index is 5.15. The van der Waals surface area contributed by atoms with Crippen LogP contribution in [-0.4, -0.2) is 12.1 Å². The van der Waals surface area contributed by atoms with Crippen molar-refractivity contribution in [2.24, 2.45) is 0 Å². The summed E-state index contributed by atoms with van der Waals surface area (Å²) in [4.78, 5) is 4.41. The highest BCUT2D eigenvalue weighted by Gasteiger charge is 2.01. The van der Waals surface area contributed by atoms with Gasteiger partial charge in [-0.05, 0) is 52.7 Å². The molecule has 0 fully saturated rings. The molecular formula is C11H10BrNO. The summed E-state index contributed by atoms with van der Waals surface area (Å²) in [7, 11) is 1.67. The van der Waals surface area contributed by atoms with Crippen molar-refractivity contribution in [1.29, 1.82) is 0 Å². The average Bonchev–Trinajstić information content (AvgIpc) is 2.19. The van der Waals surface area contributed by atoms with E-state index in [1.54, 1.807) is 7.11 Å². The van der Waals surface area contributed by atoms with E-state index in [-0.39, 0.29) is 0 Å². The van der Waals surface area contributed by atoms with Crippen molar-refractivity contribution < 1.29 is 4.74 Å². The molecule has 2 nitrogen and oxygen atoms in total. The molecule has 1 heterocycles. The highest BCUT2D eigenvalue weighted by molar-refractivity contribution is 9.10. The fraction of sp³-hybridized carbons (Fsp3) is 0.182. The van der Waals surface area contributed by atoms with E-state index in [0.29, 0.717) is 0 Å². The third kappa shape index (κ3) is 1.60. The van der Waals surface area contributed by atoms with Gasteiger partial charge in [0.05, 0.1) is 12.6 Å². The summed E-state index contributed by atoms with van der Waals surface area (Å²) in [6, 6.07) is 7.95. The molecule has 2 rings (SSSR count). The first kappa shape index (κ1) is 9.46. The monoisotopic (exact) mass is 251 g/mol. The molecule has 0 saturated heterocycles. The van der Waals surface area contributed by atoms with Crippen molar-refractivity contribution in [2.75, 3.05) is 7.11 Å². The molecular weight excluding hydrogens is 242 g/mol. The fourth-order valence-electron chi connectivity index (χ4n) is 1.36. The molecule has 0 radical (unpaired) electrons. The zero-order valence-corrected chi connectivity index (χ0v) is 9.63. The van der Waals surface area contributed by atoms with Gasteiger partial charge in [0.15, 0.2) is 0 Å². The second-order valence-corrected chi connectivity index (χ2v) is 3.91. The van der Waals surface area contributed by atoms with Gasteiger partial charge in [0.1, 0.15) is 10.4 Å². The van der Waals surface area contributed by atoms with Crippen LogP contribution in [0.15, 0.2) is 28.9 Å². The zero-order valence-electron chi connectivity index (χ0n) is 8.04. The molecule has 2 aromatic rings. The van der Waals surface area contributed by atoms with Gasteiger partial charge in [-0.25, -0.2) is 4.98 Å². The van der Waals surface area contributed by atoms with Gasteiger partial charge in [0.2, 0.25) is 0 Å². The van der Waals surface area contributed by atoms with Crippen LogP contribution in [0.25, 0.3) is 10.9 Å². The summed E-state index contributed by atoms with van der Waals surface area (Å²) in [5.74, 6) is 0.862. The van der Waals surface area contributed by atoms with Crippen molar-refractivity contribution in [3.63, 3.8) is 0 Å². The maximum absolute atomic E-state index is 5.15. The molecule has 72 valence electrons. The molecule has 0 N–H and O–H groups in total. The third-order valence-corrected chi connectivity index (χ3v) is 2.95. The summed E-state index contributed by atoms with van der Waals surface area (Å²) < 4.78 is 6.05. The molecule has 0 bridgehead atoms. The lowest BCUT2D eigenvalue weighted by Crippen LogP contribution is -1.87. The standard InChI is InChI=1S/C11H10BrNO/c1-7-5-8-6-9(14-2)3-4-10(8)13-11(7)12/h3-6H,1-2H3. The highest BCUT2D eigenvalue weighted by atomic mass is 79.9. The number of hydrogen-bond acceptors (Lipinski definition) is 2. The topological polar surface area (TPSA) is 22.1 Å². The van der Waals surface area contributed by atoms with E-state index in [1.165, 1.54) is 0 Å². The lowest BCUT2D eigenvalue weighted by atomic mass is 10.2. The number of ether oxygens (including phenoxy) is 1. The van der Waals surface area contributed by atoms with Crippen LogP contribution in [0.3, 0.4) is 0 Å². The molecule has 3 heteroatoms. The summed E-state index contributed by atoms with van der Waals surface area (Å²) in [6.45, 7) is 2.02. The lowest BCUT2D eigenvalue weighted by Gasteiger charge is -2.04. The van der Waals surface area contributed by atoms with Gasteiger partial charge in [0, 0.05) is 5.39 Å². The van der Waals surface area contributed by atoms with Crippen LogP contribution < -0.4 is 4.74 Å². The summed E-state index contributed by atoms with van der Waals surface area (Å²) in [6.07, 6.45) is 0. The highest BCUT2D eigenvalue weighted by Crippen LogP contribution is 2.23. The Morgan fingerprint density at radius 2 is 2.07 bits per heavy atom. The minimum absolute atomic E-state index is 0.862. The van der Waals surface area contributed by atoms with Gasteiger partial charge in [-0.1, -0.05) is 0 Å². The number of pyridine rings is 1. The number of halogens is 1. The smallest absolute Gasteiger partial charge is 0.119 e. The molecule has 1 aromatic carbocycles. The SMILES string of the molecule is COc1ccc2nc(Br)c(C)cc2c1. The fourth-order valence-corrected chi connectivity index (χ4v) is 1.67. The molecule has 0 aliphatic heterocycles. The molecule has 0 atom stereocenters. The summed E-state index contributed by atoms with van der Waals surface area (Å²) >= 11 is 3.41. The minimum Gasteiger partial charge on any atom is -0.497 e. The predicted molar refractivity (Wildman–Crippen MR) is 60.7 cm³/mol. The summed E-state index contributed by atoms with van der Waals surface area (Å²) in [5, 5.41) is 1.10. The molecule has 0 aliphatic carbocycles. The average molecular weight is 252 g/mol. The van der Waals surface area contributed by atoms with E-state index in [2.05, 4.69) is 27.0 Å². The second kappa shape index (κ2) is 3.58. The Bertz CT molecular complexity index is 482. The number of fused-ring (bicyclic) bond motifs is 1. The van der Waals surface area contributed by atoms with Crippen molar-refractivity contribution in [3.05, 3.63) is 34.4 Å². The molecule has 0 amide bonds. The van der Waals surface area contributed by atoms with Gasteiger partial charge in [-0.15, -0.1) is 0 Å². The van der Waals surface area contributed by atoms with E-state index in [9.17, 15) is 0 Å². The number of rotatable bonds is 1. The largest absolute Gasteiger partial charge is 0.497 e. The van der Waals surface area contributed by atoms with Crippen LogP contribution >= 0.6 is 15.9 Å². The minimum atomic E-state index is 0.862. The zero-order chi connectivity index (χ0) is 10.1. The first-order valence-corrected chi connectivity index (χ1v) is 5.11.